The molecule has 74 valence electrons. The number of hydrogen-bond donors (Lipinski definition) is 0. The lowest BCUT2D eigenvalue weighted by Gasteiger charge is -2.18. The fourth-order valence-electron chi connectivity index (χ4n) is 0.707. The standard InChI is InChI=1S/C7H17NO2S2/c1-7(2)12(9,10)8(3)5-6-11-4/h7H,5-6H2,1-4H3. The maximum atomic E-state index is 11.5. The first-order valence-electron chi connectivity index (χ1n) is 3.87. The molecule has 0 rings (SSSR count). The third-order valence-electron chi connectivity index (χ3n) is 1.64. The summed E-state index contributed by atoms with van der Waals surface area (Å²) in [5, 5.41) is -0.315. The normalized spacial score (nSPS) is 12.8. The van der Waals surface area contributed by atoms with E-state index in [-0.39, 0.29) is 5.25 Å². The third-order valence-corrected chi connectivity index (χ3v) is 4.47. The van der Waals surface area contributed by atoms with Gasteiger partial charge in [0.15, 0.2) is 0 Å². The molecule has 0 aliphatic heterocycles. The molecular formula is C7H17NO2S2. The van der Waals surface area contributed by atoms with E-state index < -0.39 is 10.0 Å². The van der Waals surface area contributed by atoms with Crippen LogP contribution in [0, 0.1) is 0 Å². The van der Waals surface area contributed by atoms with Crippen LogP contribution in [0.15, 0.2) is 0 Å². The quantitative estimate of drug-likeness (QED) is 0.681. The van der Waals surface area contributed by atoms with Crippen molar-refractivity contribution in [2.75, 3.05) is 25.6 Å². The van der Waals surface area contributed by atoms with Crippen LogP contribution in [-0.2, 0) is 10.0 Å². The highest BCUT2D eigenvalue weighted by Gasteiger charge is 2.20. The molecule has 0 spiro atoms. The summed E-state index contributed by atoms with van der Waals surface area (Å²) in [5.41, 5.74) is 0. The van der Waals surface area contributed by atoms with Crippen LogP contribution in [-0.4, -0.2) is 43.6 Å². The summed E-state index contributed by atoms with van der Waals surface area (Å²) < 4.78 is 24.3. The molecule has 3 nitrogen and oxygen atoms in total. The Kier molecular flexibility index (Phi) is 5.20. The van der Waals surface area contributed by atoms with Gasteiger partial charge >= 0.3 is 0 Å². The van der Waals surface area contributed by atoms with Crippen molar-refractivity contribution in [3.8, 4) is 0 Å². The molecule has 0 fully saturated rings. The van der Waals surface area contributed by atoms with Gasteiger partial charge in [0.25, 0.3) is 0 Å². The van der Waals surface area contributed by atoms with Gasteiger partial charge in [-0.3, -0.25) is 0 Å². The molecule has 0 aliphatic rings. The number of nitrogens with zero attached hydrogens (tertiary/aromatic N) is 1. The first kappa shape index (κ1) is 12.3. The van der Waals surface area contributed by atoms with Gasteiger partial charge in [-0.05, 0) is 20.1 Å². The van der Waals surface area contributed by atoms with Gasteiger partial charge in [0.05, 0.1) is 5.25 Å². The maximum absolute atomic E-state index is 11.5. The molecule has 0 unspecified atom stereocenters. The van der Waals surface area contributed by atoms with E-state index in [0.29, 0.717) is 6.54 Å². The van der Waals surface area contributed by atoms with Gasteiger partial charge < -0.3 is 0 Å². The van der Waals surface area contributed by atoms with E-state index in [1.54, 1.807) is 32.7 Å². The summed E-state index contributed by atoms with van der Waals surface area (Å²) in [7, 11) is -1.40. The van der Waals surface area contributed by atoms with Gasteiger partial charge in [0.1, 0.15) is 0 Å². The molecule has 0 heterocycles. The van der Waals surface area contributed by atoms with E-state index in [9.17, 15) is 8.42 Å². The zero-order chi connectivity index (χ0) is 9.78. The lowest BCUT2D eigenvalue weighted by molar-refractivity contribution is 0.481. The number of sulfonamides is 1. The van der Waals surface area contributed by atoms with Crippen molar-refractivity contribution < 1.29 is 8.42 Å². The van der Waals surface area contributed by atoms with Crippen molar-refractivity contribution in [3.63, 3.8) is 0 Å². The predicted molar refractivity (Wildman–Crippen MR) is 55.1 cm³/mol. The fraction of sp³-hybridized carbons (Fsp3) is 1.00. The summed E-state index contributed by atoms with van der Waals surface area (Å²) >= 11 is 1.65. The minimum Gasteiger partial charge on any atom is -0.212 e. The Morgan fingerprint density at radius 3 is 2.25 bits per heavy atom. The van der Waals surface area contributed by atoms with Crippen LogP contribution in [0.2, 0.25) is 0 Å². The van der Waals surface area contributed by atoms with E-state index in [0.717, 1.165) is 5.75 Å². The van der Waals surface area contributed by atoms with Crippen LogP contribution >= 0.6 is 11.8 Å². The molecule has 0 aliphatic carbocycles. The Bertz CT molecular complexity index is 211. The van der Waals surface area contributed by atoms with Crippen molar-refractivity contribution in [2.24, 2.45) is 0 Å². The smallest absolute Gasteiger partial charge is 0.212 e. The van der Waals surface area contributed by atoms with Crippen LogP contribution < -0.4 is 0 Å². The Morgan fingerprint density at radius 2 is 1.92 bits per heavy atom. The number of thioether (sulfide) groups is 1. The molecule has 0 saturated carbocycles. The highest BCUT2D eigenvalue weighted by molar-refractivity contribution is 7.98. The zero-order valence-electron chi connectivity index (χ0n) is 8.07. The van der Waals surface area contributed by atoms with Gasteiger partial charge in [-0.15, -0.1) is 0 Å². The molecule has 5 heteroatoms. The average Bonchev–Trinajstić information content (AvgIpc) is 1.99. The molecular weight excluding hydrogens is 194 g/mol. The molecule has 12 heavy (non-hydrogen) atoms. The van der Waals surface area contributed by atoms with Gasteiger partial charge in [-0.1, -0.05) is 0 Å². The summed E-state index contributed by atoms with van der Waals surface area (Å²) in [6, 6.07) is 0. The summed E-state index contributed by atoms with van der Waals surface area (Å²) in [6.07, 6.45) is 1.97. The van der Waals surface area contributed by atoms with Crippen LogP contribution in [0.25, 0.3) is 0 Å². The van der Waals surface area contributed by atoms with Gasteiger partial charge in [-0.25, -0.2) is 12.7 Å². The topological polar surface area (TPSA) is 37.4 Å². The predicted octanol–water partition coefficient (Wildman–Crippen LogP) is 1.02. The molecule has 0 amide bonds. The SMILES string of the molecule is CSCCN(C)S(=O)(=O)C(C)C. The summed E-state index contributed by atoms with van der Waals surface area (Å²) in [5.74, 6) is 0.850. The van der Waals surface area contributed by atoms with Crippen LogP contribution in [0.3, 0.4) is 0 Å². The van der Waals surface area contributed by atoms with Gasteiger partial charge in [-0.2, -0.15) is 11.8 Å². The minimum atomic E-state index is -3.03. The largest absolute Gasteiger partial charge is 0.216 e. The third kappa shape index (κ3) is 3.33. The number of hydrogen-bond acceptors (Lipinski definition) is 3. The Hall–Kier alpha value is 0.260. The zero-order valence-corrected chi connectivity index (χ0v) is 9.70. The Balaban J connectivity index is 4.17. The molecule has 0 aromatic rings. The molecule has 0 radical (unpaired) electrons. The maximum Gasteiger partial charge on any atom is 0.216 e. The minimum absolute atomic E-state index is 0.315. The van der Waals surface area contributed by atoms with E-state index in [2.05, 4.69) is 0 Å². The van der Waals surface area contributed by atoms with Crippen molar-refractivity contribution >= 4 is 21.8 Å². The van der Waals surface area contributed by atoms with Crippen molar-refractivity contribution in [2.45, 2.75) is 19.1 Å². The average molecular weight is 211 g/mol. The van der Waals surface area contributed by atoms with Crippen LogP contribution in [0.5, 0.6) is 0 Å². The molecule has 0 aromatic carbocycles. The van der Waals surface area contributed by atoms with Gasteiger partial charge in [0, 0.05) is 19.3 Å². The summed E-state index contributed by atoms with van der Waals surface area (Å²) in [6.45, 7) is 4.00. The highest BCUT2D eigenvalue weighted by Crippen LogP contribution is 2.06. The monoisotopic (exact) mass is 211 g/mol. The Labute approximate surface area is 79.6 Å². The van der Waals surface area contributed by atoms with Crippen LogP contribution in [0.4, 0.5) is 0 Å². The molecule has 0 bridgehead atoms. The van der Waals surface area contributed by atoms with Crippen molar-refractivity contribution in [1.29, 1.82) is 0 Å². The lowest BCUT2D eigenvalue weighted by atomic mass is 10.6. The first-order chi connectivity index (χ1) is 5.42. The first-order valence-corrected chi connectivity index (χ1v) is 6.76. The van der Waals surface area contributed by atoms with E-state index in [1.807, 2.05) is 6.26 Å². The van der Waals surface area contributed by atoms with Crippen molar-refractivity contribution in [3.05, 3.63) is 0 Å². The molecule has 0 saturated heterocycles. The number of rotatable bonds is 5. The van der Waals surface area contributed by atoms with E-state index >= 15 is 0 Å². The highest BCUT2D eigenvalue weighted by atomic mass is 32.2. The van der Waals surface area contributed by atoms with E-state index in [1.165, 1.54) is 4.31 Å². The Morgan fingerprint density at radius 1 is 1.42 bits per heavy atom. The second kappa shape index (κ2) is 5.09. The van der Waals surface area contributed by atoms with Gasteiger partial charge in [0.2, 0.25) is 10.0 Å². The molecule has 0 atom stereocenters. The second-order valence-electron chi connectivity index (χ2n) is 2.91. The van der Waals surface area contributed by atoms with E-state index in [4.69, 9.17) is 0 Å². The fourth-order valence-corrected chi connectivity index (χ4v) is 2.34. The molecule has 0 N–H and O–H groups in total. The lowest BCUT2D eigenvalue weighted by Crippen LogP contribution is -2.34. The van der Waals surface area contributed by atoms with Crippen molar-refractivity contribution in [1.82, 2.24) is 4.31 Å². The van der Waals surface area contributed by atoms with Crippen LogP contribution in [0.1, 0.15) is 13.8 Å². The second-order valence-corrected chi connectivity index (χ2v) is 6.49. The summed E-state index contributed by atoms with van der Waals surface area (Å²) in [4.78, 5) is 0. The molecule has 0 aromatic heterocycles.